The van der Waals surface area contributed by atoms with Crippen molar-refractivity contribution in [3.05, 3.63) is 47.2 Å². The van der Waals surface area contributed by atoms with Gasteiger partial charge in [-0.1, -0.05) is 42.1 Å². The number of amides is 2. The molecule has 3 heterocycles. The first kappa shape index (κ1) is 21.0. The maximum Gasteiger partial charge on any atom is 0.352 e. The zero-order valence-electron chi connectivity index (χ0n) is 17.0. The van der Waals surface area contributed by atoms with E-state index < -0.39 is 17.4 Å². The Morgan fingerprint density at radius 2 is 2.09 bits per heavy atom. The molecule has 1 aliphatic carbocycles. The van der Waals surface area contributed by atoms with Gasteiger partial charge in [0.25, 0.3) is 5.91 Å². The molecule has 0 radical (unpaired) electrons. The second kappa shape index (κ2) is 8.24. The van der Waals surface area contributed by atoms with E-state index in [4.69, 9.17) is 0 Å². The van der Waals surface area contributed by atoms with Gasteiger partial charge in [0.15, 0.2) is 0 Å². The number of carboxylic acids is 1. The van der Waals surface area contributed by atoms with Gasteiger partial charge in [-0.2, -0.15) is 0 Å². The summed E-state index contributed by atoms with van der Waals surface area (Å²) in [5.41, 5.74) is 1.76. The Bertz CT molecular complexity index is 1120. The maximum atomic E-state index is 12.8. The molecular formula is C20H20N6O4S2. The Labute approximate surface area is 191 Å². The maximum absolute atomic E-state index is 12.8. The summed E-state index contributed by atoms with van der Waals surface area (Å²) in [5.74, 6) is -0.828. The number of aromatic nitrogens is 4. The molecular weight excluding hydrogens is 452 g/mol. The van der Waals surface area contributed by atoms with Crippen LogP contribution in [0.3, 0.4) is 0 Å². The van der Waals surface area contributed by atoms with Crippen molar-refractivity contribution in [2.45, 2.75) is 28.9 Å². The minimum Gasteiger partial charge on any atom is -0.477 e. The molecule has 166 valence electrons. The summed E-state index contributed by atoms with van der Waals surface area (Å²) in [5, 5.41) is 24.0. The average molecular weight is 473 g/mol. The molecule has 2 amide bonds. The van der Waals surface area contributed by atoms with Crippen molar-refractivity contribution in [2.24, 2.45) is 13.0 Å². The molecule has 0 spiro atoms. The molecule has 1 saturated carbocycles. The molecule has 2 fully saturated rings. The van der Waals surface area contributed by atoms with Crippen LogP contribution < -0.4 is 5.32 Å². The zero-order valence-corrected chi connectivity index (χ0v) is 18.7. The smallest absolute Gasteiger partial charge is 0.352 e. The zero-order chi connectivity index (χ0) is 22.4. The fraction of sp³-hybridized carbons (Fsp3) is 0.400. The summed E-state index contributed by atoms with van der Waals surface area (Å²) < 4.78 is 1.51. The van der Waals surface area contributed by atoms with Gasteiger partial charge in [-0.3, -0.25) is 14.5 Å². The number of tetrazole rings is 1. The van der Waals surface area contributed by atoms with Crippen LogP contribution >= 0.6 is 23.5 Å². The van der Waals surface area contributed by atoms with Gasteiger partial charge in [-0.05, 0) is 33.9 Å². The van der Waals surface area contributed by atoms with Gasteiger partial charge in [0.05, 0.1) is 0 Å². The normalized spacial score (nSPS) is 26.4. The van der Waals surface area contributed by atoms with Crippen LogP contribution in [0.15, 0.2) is 46.8 Å². The van der Waals surface area contributed by atoms with E-state index in [1.54, 1.807) is 7.05 Å². The predicted molar refractivity (Wildman–Crippen MR) is 116 cm³/mol. The summed E-state index contributed by atoms with van der Waals surface area (Å²) in [6, 6.07) is 9.15. The largest absolute Gasteiger partial charge is 0.477 e. The standard InChI is InChI=1S/C20H20N6O4S2/c1-25-20(22-23-24-25)32-9-11-8-31-18-14(17(28)26(18)15(11)19(29)30)21-16(27)13-7-12(13)10-5-3-2-4-6-10/h2-6,12-14,18H,7-9H2,1H3,(H,21,27)(H,29,30)/t12-,13+,14-,18-/m0/s1. The van der Waals surface area contributed by atoms with Crippen LogP contribution in [0, 0.1) is 5.92 Å². The number of nitrogens with one attached hydrogen (secondary N) is 1. The second-order valence-corrected chi connectivity index (χ2v) is 9.93. The number of β-lactam (4-membered cyclic amide) rings is 1. The number of fused-ring (bicyclic) bond motifs is 1. The number of thioether (sulfide) groups is 2. The highest BCUT2D eigenvalue weighted by atomic mass is 32.2. The van der Waals surface area contributed by atoms with Gasteiger partial charge in [-0.25, -0.2) is 9.48 Å². The number of carbonyl (C=O) groups is 3. The Hall–Kier alpha value is -2.86. The van der Waals surface area contributed by atoms with Crippen LogP contribution in [0.2, 0.25) is 0 Å². The molecule has 2 aromatic rings. The SMILES string of the molecule is Cn1nnnc1SCC1=C(C(=O)O)N2C(=O)[C@H](NC(=O)[C@@H]3C[C@H]3c3ccccc3)[C@@H]2SC1. The second-order valence-electron chi connectivity index (χ2n) is 7.89. The van der Waals surface area contributed by atoms with Gasteiger partial charge in [0, 0.05) is 24.5 Å². The quantitative estimate of drug-likeness (QED) is 0.445. The summed E-state index contributed by atoms with van der Waals surface area (Å²) in [7, 11) is 1.70. The lowest BCUT2D eigenvalue weighted by atomic mass is 10.0. The van der Waals surface area contributed by atoms with Gasteiger partial charge >= 0.3 is 5.97 Å². The minimum absolute atomic E-state index is 0.000426. The summed E-state index contributed by atoms with van der Waals surface area (Å²) in [6.07, 6.45) is 0.761. The molecule has 1 aromatic heterocycles. The molecule has 2 N–H and O–H groups in total. The van der Waals surface area contributed by atoms with E-state index in [9.17, 15) is 19.5 Å². The molecule has 1 aromatic carbocycles. The first-order valence-electron chi connectivity index (χ1n) is 10.1. The molecule has 0 bridgehead atoms. The van der Waals surface area contributed by atoms with Crippen LogP contribution in [0.1, 0.15) is 17.9 Å². The number of hydrogen-bond acceptors (Lipinski definition) is 8. The summed E-state index contributed by atoms with van der Waals surface area (Å²) in [6.45, 7) is 0. The number of rotatable bonds is 7. The highest BCUT2D eigenvalue weighted by Crippen LogP contribution is 2.48. The lowest BCUT2D eigenvalue weighted by Crippen LogP contribution is -2.70. The molecule has 5 rings (SSSR count). The first-order chi connectivity index (χ1) is 15.5. The first-order valence-corrected chi connectivity index (χ1v) is 12.1. The van der Waals surface area contributed by atoms with Crippen molar-refractivity contribution in [2.75, 3.05) is 11.5 Å². The Morgan fingerprint density at radius 3 is 2.78 bits per heavy atom. The van der Waals surface area contributed by atoms with Crippen LogP contribution in [0.5, 0.6) is 0 Å². The number of aryl methyl sites for hydroxylation is 1. The third-order valence-corrected chi connectivity index (χ3v) is 8.30. The fourth-order valence-electron chi connectivity index (χ4n) is 4.10. The van der Waals surface area contributed by atoms with Gasteiger partial charge in [0.1, 0.15) is 17.1 Å². The summed E-state index contributed by atoms with van der Waals surface area (Å²) in [4.78, 5) is 38.8. The van der Waals surface area contributed by atoms with Crippen molar-refractivity contribution < 1.29 is 19.5 Å². The number of hydrogen-bond donors (Lipinski definition) is 2. The lowest BCUT2D eigenvalue weighted by Gasteiger charge is -2.49. The number of carbonyl (C=O) groups excluding carboxylic acids is 2. The fourth-order valence-corrected chi connectivity index (χ4v) is 6.44. The van der Waals surface area contributed by atoms with Crippen LogP contribution in [0.4, 0.5) is 0 Å². The number of nitrogens with zero attached hydrogens (tertiary/aromatic N) is 5. The molecule has 4 atom stereocenters. The molecule has 32 heavy (non-hydrogen) atoms. The molecule has 2 aliphatic heterocycles. The van der Waals surface area contributed by atoms with Gasteiger partial charge in [0.2, 0.25) is 11.1 Å². The number of aliphatic carboxylic acids is 1. The lowest BCUT2D eigenvalue weighted by molar-refractivity contribution is -0.150. The molecule has 0 unspecified atom stereocenters. The molecule has 3 aliphatic rings. The minimum atomic E-state index is -1.15. The number of benzene rings is 1. The Morgan fingerprint density at radius 1 is 1.31 bits per heavy atom. The van der Waals surface area contributed by atoms with Crippen molar-refractivity contribution in [3.8, 4) is 0 Å². The van der Waals surface area contributed by atoms with Gasteiger partial charge in [-0.15, -0.1) is 16.9 Å². The van der Waals surface area contributed by atoms with Gasteiger partial charge < -0.3 is 10.4 Å². The predicted octanol–water partition coefficient (Wildman–Crippen LogP) is 0.845. The van der Waals surface area contributed by atoms with E-state index in [1.165, 1.54) is 33.1 Å². The third kappa shape index (κ3) is 3.66. The Balaban J connectivity index is 1.25. The third-order valence-electron chi connectivity index (χ3n) is 5.86. The molecule has 10 nitrogen and oxygen atoms in total. The average Bonchev–Trinajstić information content (AvgIpc) is 3.50. The van der Waals surface area contributed by atoms with E-state index in [1.807, 2.05) is 30.3 Å². The van der Waals surface area contributed by atoms with Crippen molar-refractivity contribution in [3.63, 3.8) is 0 Å². The van der Waals surface area contributed by atoms with Crippen LogP contribution in [0.25, 0.3) is 0 Å². The van der Waals surface area contributed by atoms with Crippen LogP contribution in [-0.2, 0) is 21.4 Å². The van der Waals surface area contributed by atoms with E-state index in [2.05, 4.69) is 20.8 Å². The monoisotopic (exact) mass is 472 g/mol. The Kier molecular flexibility index (Phi) is 5.41. The van der Waals surface area contributed by atoms with E-state index in [-0.39, 0.29) is 29.3 Å². The summed E-state index contributed by atoms with van der Waals surface area (Å²) >= 11 is 2.78. The van der Waals surface area contributed by atoms with E-state index in [0.29, 0.717) is 22.2 Å². The molecule has 12 heteroatoms. The highest BCUT2D eigenvalue weighted by Gasteiger charge is 2.55. The highest BCUT2D eigenvalue weighted by molar-refractivity contribution is 8.01. The molecule has 1 saturated heterocycles. The number of carboxylic acid groups (broad SMARTS) is 1. The van der Waals surface area contributed by atoms with Crippen molar-refractivity contribution in [1.29, 1.82) is 0 Å². The van der Waals surface area contributed by atoms with E-state index in [0.717, 1.165) is 12.0 Å². The topological polar surface area (TPSA) is 130 Å². The van der Waals surface area contributed by atoms with Crippen molar-refractivity contribution in [1.82, 2.24) is 30.4 Å². The van der Waals surface area contributed by atoms with Crippen LogP contribution in [-0.4, -0.2) is 70.9 Å². The van der Waals surface area contributed by atoms with E-state index >= 15 is 0 Å². The van der Waals surface area contributed by atoms with Crippen molar-refractivity contribution >= 4 is 41.3 Å².